The summed E-state index contributed by atoms with van der Waals surface area (Å²) in [5, 5.41) is 3.92. The molecule has 1 aliphatic carbocycles. The number of ether oxygens (including phenoxy) is 1. The van der Waals surface area contributed by atoms with Crippen LogP contribution in [0.4, 0.5) is 0 Å². The van der Waals surface area contributed by atoms with Crippen molar-refractivity contribution in [2.45, 2.75) is 64.1 Å². The second-order valence-electron chi connectivity index (χ2n) is 9.38. The number of carbonyl (C=O) groups is 1. The molecule has 28 heavy (non-hydrogen) atoms. The van der Waals surface area contributed by atoms with Crippen molar-refractivity contribution < 1.29 is 9.53 Å². The van der Waals surface area contributed by atoms with Crippen molar-refractivity contribution in [3.05, 3.63) is 28.2 Å². The maximum atomic E-state index is 12.5. The Balaban J connectivity index is 1.61. The number of hydrogen-bond acceptors (Lipinski definition) is 5. The summed E-state index contributed by atoms with van der Waals surface area (Å²) in [6, 6.07) is 6.33. The van der Waals surface area contributed by atoms with Crippen LogP contribution in [0.3, 0.4) is 0 Å². The standard InChI is InChI=1S/C21H28BrN3O2S/c1-20(2,3)10-18(26)24-13-5-7-17-15(9-13)21(11-28-19(23)25-21)14-8-12(22)4-6-16(14)27-17/h4,6,8,13,15,17H,5,7,9-11H2,1-3H3,(H2,23,25)(H,24,26)/t13?,15?,17-,21?/m0/s1. The van der Waals surface area contributed by atoms with Crippen LogP contribution in [0.5, 0.6) is 5.75 Å². The van der Waals surface area contributed by atoms with Gasteiger partial charge in [0.1, 0.15) is 17.4 Å². The van der Waals surface area contributed by atoms with Crippen LogP contribution in [-0.4, -0.2) is 29.0 Å². The molecule has 0 bridgehead atoms. The monoisotopic (exact) mass is 465 g/mol. The van der Waals surface area contributed by atoms with Gasteiger partial charge in [0.25, 0.3) is 0 Å². The van der Waals surface area contributed by atoms with Crippen LogP contribution in [-0.2, 0) is 10.3 Å². The number of nitrogens with two attached hydrogens (primary N) is 1. The third-order valence-electron chi connectivity index (χ3n) is 5.89. The van der Waals surface area contributed by atoms with Gasteiger partial charge in [-0.05, 0) is 42.9 Å². The van der Waals surface area contributed by atoms with E-state index in [9.17, 15) is 4.79 Å². The van der Waals surface area contributed by atoms with E-state index >= 15 is 0 Å². The van der Waals surface area contributed by atoms with Crippen molar-refractivity contribution in [2.75, 3.05) is 5.75 Å². The summed E-state index contributed by atoms with van der Waals surface area (Å²) >= 11 is 5.22. The summed E-state index contributed by atoms with van der Waals surface area (Å²) in [6.45, 7) is 6.28. The fourth-order valence-corrected chi connectivity index (χ4v) is 6.15. The van der Waals surface area contributed by atoms with Gasteiger partial charge in [0.05, 0.1) is 0 Å². The summed E-state index contributed by atoms with van der Waals surface area (Å²) in [4.78, 5) is 17.5. The van der Waals surface area contributed by atoms with Crippen LogP contribution in [0.25, 0.3) is 0 Å². The molecule has 1 spiro atoms. The molecule has 0 aromatic heterocycles. The van der Waals surface area contributed by atoms with Crippen LogP contribution >= 0.6 is 27.7 Å². The molecule has 4 rings (SSSR count). The molecule has 5 nitrogen and oxygen atoms in total. The molecule has 1 saturated carbocycles. The lowest BCUT2D eigenvalue weighted by molar-refractivity contribution is -0.124. The zero-order valence-corrected chi connectivity index (χ0v) is 19.0. The summed E-state index contributed by atoms with van der Waals surface area (Å²) < 4.78 is 7.41. The van der Waals surface area contributed by atoms with Crippen LogP contribution in [0.15, 0.2) is 27.7 Å². The Morgan fingerprint density at radius 3 is 2.89 bits per heavy atom. The van der Waals surface area contributed by atoms with Crippen molar-refractivity contribution in [3.63, 3.8) is 0 Å². The molecule has 1 amide bonds. The highest BCUT2D eigenvalue weighted by atomic mass is 79.9. The first kappa shape index (κ1) is 20.1. The van der Waals surface area contributed by atoms with E-state index in [0.29, 0.717) is 11.6 Å². The quantitative estimate of drug-likeness (QED) is 0.686. The number of amides is 1. The number of thioether (sulfide) groups is 1. The zero-order chi connectivity index (χ0) is 20.1. The van der Waals surface area contributed by atoms with Gasteiger partial charge in [0.15, 0.2) is 5.17 Å². The Kier molecular flexibility index (Phi) is 5.19. The van der Waals surface area contributed by atoms with E-state index in [1.807, 2.05) is 12.1 Å². The van der Waals surface area contributed by atoms with Crippen LogP contribution in [0.1, 0.15) is 52.0 Å². The van der Waals surface area contributed by atoms with Crippen molar-refractivity contribution in [1.82, 2.24) is 5.32 Å². The zero-order valence-electron chi connectivity index (χ0n) is 16.6. The van der Waals surface area contributed by atoms with E-state index in [-0.39, 0.29) is 34.9 Å². The van der Waals surface area contributed by atoms with E-state index in [2.05, 4.69) is 48.1 Å². The first-order valence-electron chi connectivity index (χ1n) is 9.90. The first-order valence-corrected chi connectivity index (χ1v) is 11.7. The van der Waals surface area contributed by atoms with Crippen molar-refractivity contribution in [3.8, 4) is 5.75 Å². The third kappa shape index (κ3) is 3.80. The van der Waals surface area contributed by atoms with E-state index < -0.39 is 0 Å². The SMILES string of the molecule is CC(C)(C)CC(=O)NC1CC[C@@H]2Oc3ccc(Br)cc3C3(CSC(N)=N3)C2C1. The largest absolute Gasteiger partial charge is 0.490 e. The van der Waals surface area contributed by atoms with Gasteiger partial charge in [0, 0.05) is 34.2 Å². The van der Waals surface area contributed by atoms with Gasteiger partial charge in [-0.3, -0.25) is 4.79 Å². The predicted molar refractivity (Wildman–Crippen MR) is 118 cm³/mol. The average molecular weight is 466 g/mol. The number of nitrogens with zero attached hydrogens (tertiary/aromatic N) is 1. The minimum absolute atomic E-state index is 0.0114. The number of hydrogen-bond donors (Lipinski definition) is 2. The number of aliphatic imine (C=N–C) groups is 1. The van der Waals surface area contributed by atoms with Gasteiger partial charge >= 0.3 is 0 Å². The van der Waals surface area contributed by atoms with E-state index in [4.69, 9.17) is 15.5 Å². The molecule has 2 aliphatic heterocycles. The first-order chi connectivity index (χ1) is 13.2. The van der Waals surface area contributed by atoms with E-state index in [1.54, 1.807) is 11.8 Å². The molecule has 152 valence electrons. The smallest absolute Gasteiger partial charge is 0.220 e. The van der Waals surface area contributed by atoms with Crippen molar-refractivity contribution in [2.24, 2.45) is 22.1 Å². The number of benzene rings is 1. The molecule has 4 atom stereocenters. The number of fused-ring (bicyclic) bond motifs is 4. The lowest BCUT2D eigenvalue weighted by Gasteiger charge is -2.48. The Bertz CT molecular complexity index is 822. The molecule has 0 saturated heterocycles. The molecule has 3 unspecified atom stereocenters. The minimum atomic E-state index is -0.371. The average Bonchev–Trinajstić information content (AvgIpc) is 2.97. The normalized spacial score (nSPS) is 31.6. The van der Waals surface area contributed by atoms with E-state index in [0.717, 1.165) is 40.8 Å². The van der Waals surface area contributed by atoms with Gasteiger partial charge in [-0.1, -0.05) is 48.5 Å². The lowest BCUT2D eigenvalue weighted by Crippen LogP contribution is -2.54. The lowest BCUT2D eigenvalue weighted by atomic mass is 9.67. The Morgan fingerprint density at radius 1 is 1.43 bits per heavy atom. The van der Waals surface area contributed by atoms with Gasteiger partial charge in [-0.25, -0.2) is 4.99 Å². The number of halogens is 1. The molecule has 1 aromatic carbocycles. The fraction of sp³-hybridized carbons (Fsp3) is 0.619. The highest BCUT2D eigenvalue weighted by Gasteiger charge is 2.54. The molecular formula is C21H28BrN3O2S. The highest BCUT2D eigenvalue weighted by molar-refractivity contribution is 9.10. The third-order valence-corrected chi connectivity index (χ3v) is 7.36. The Morgan fingerprint density at radius 2 is 2.21 bits per heavy atom. The number of rotatable bonds is 2. The molecule has 2 heterocycles. The predicted octanol–water partition coefficient (Wildman–Crippen LogP) is 4.19. The molecule has 3 N–H and O–H groups in total. The molecule has 0 radical (unpaired) electrons. The summed E-state index contributed by atoms with van der Waals surface area (Å²) in [5.74, 6) is 2.08. The summed E-state index contributed by atoms with van der Waals surface area (Å²) in [5.41, 5.74) is 6.86. The van der Waals surface area contributed by atoms with E-state index in [1.165, 1.54) is 0 Å². The van der Waals surface area contributed by atoms with Gasteiger partial charge in [-0.15, -0.1) is 0 Å². The summed E-state index contributed by atoms with van der Waals surface area (Å²) in [6.07, 6.45) is 3.37. The minimum Gasteiger partial charge on any atom is -0.490 e. The molecule has 1 aromatic rings. The molecule has 3 aliphatic rings. The number of carbonyl (C=O) groups excluding carboxylic acids is 1. The van der Waals surface area contributed by atoms with Crippen molar-refractivity contribution >= 4 is 38.8 Å². The second-order valence-corrected chi connectivity index (χ2v) is 11.3. The van der Waals surface area contributed by atoms with Crippen molar-refractivity contribution in [1.29, 1.82) is 0 Å². The topological polar surface area (TPSA) is 76.7 Å². The number of amidine groups is 1. The van der Waals surface area contributed by atoms with Crippen LogP contribution in [0, 0.1) is 11.3 Å². The Labute approximate surface area is 179 Å². The van der Waals surface area contributed by atoms with Gasteiger partial charge < -0.3 is 15.8 Å². The maximum Gasteiger partial charge on any atom is 0.220 e. The van der Waals surface area contributed by atoms with Crippen LogP contribution in [0.2, 0.25) is 0 Å². The fourth-order valence-electron chi connectivity index (χ4n) is 4.76. The highest BCUT2D eigenvalue weighted by Crippen LogP contribution is 2.54. The van der Waals surface area contributed by atoms with Crippen LogP contribution < -0.4 is 15.8 Å². The second kappa shape index (κ2) is 7.24. The number of nitrogens with one attached hydrogen (secondary N) is 1. The molecule has 1 fully saturated rings. The molecule has 7 heteroatoms. The maximum absolute atomic E-state index is 12.5. The molecular weight excluding hydrogens is 438 g/mol. The van der Waals surface area contributed by atoms with Gasteiger partial charge in [0.2, 0.25) is 5.91 Å². The van der Waals surface area contributed by atoms with Gasteiger partial charge in [-0.2, -0.15) is 0 Å². The summed E-state index contributed by atoms with van der Waals surface area (Å²) in [7, 11) is 0. The Hall–Kier alpha value is -1.21.